The first-order valence-electron chi connectivity index (χ1n) is 10.6. The van der Waals surface area contributed by atoms with Crippen LogP contribution in [0.15, 0.2) is 54.6 Å². The van der Waals surface area contributed by atoms with Crippen molar-refractivity contribution >= 4 is 16.6 Å². The third-order valence-corrected chi connectivity index (χ3v) is 5.64. The van der Waals surface area contributed by atoms with Crippen LogP contribution in [0.1, 0.15) is 14.4 Å². The van der Waals surface area contributed by atoms with Gasteiger partial charge in [-0.2, -0.15) is 0 Å². The molecule has 0 aliphatic carbocycles. The normalized spacial score (nSPS) is 15.5. The number of benzene rings is 2. The number of nitrogens with zero attached hydrogens (tertiary/aromatic N) is 3. The molecule has 2 aromatic carbocycles. The van der Waals surface area contributed by atoms with Crippen molar-refractivity contribution < 1.29 is 14.9 Å². The summed E-state index contributed by atoms with van der Waals surface area (Å²) < 4.78 is 5.52. The Hall–Kier alpha value is -2.67. The van der Waals surface area contributed by atoms with Gasteiger partial charge in [0, 0.05) is 37.1 Å². The second-order valence-corrected chi connectivity index (χ2v) is 7.65. The highest BCUT2D eigenvalue weighted by Crippen LogP contribution is 2.31. The maximum atomic E-state index is 9.45. The fourth-order valence-electron chi connectivity index (χ4n) is 3.81. The molecule has 1 fully saturated rings. The van der Waals surface area contributed by atoms with Gasteiger partial charge in [-0.25, -0.2) is 4.98 Å². The van der Waals surface area contributed by atoms with Crippen molar-refractivity contribution in [3.63, 3.8) is 0 Å². The Morgan fingerprint density at radius 3 is 2.42 bits per heavy atom. The predicted molar refractivity (Wildman–Crippen MR) is 127 cm³/mol. The molecule has 0 radical (unpaired) electrons. The van der Waals surface area contributed by atoms with Crippen LogP contribution < -0.4 is 9.64 Å². The molecule has 2 heterocycles. The van der Waals surface area contributed by atoms with Gasteiger partial charge in [-0.15, -0.1) is 0 Å². The number of ether oxygens (including phenoxy) is 1. The Morgan fingerprint density at radius 2 is 1.74 bits per heavy atom. The van der Waals surface area contributed by atoms with E-state index in [0.717, 1.165) is 49.8 Å². The molecule has 4 rings (SSSR count). The van der Waals surface area contributed by atoms with Crippen LogP contribution in [0.5, 0.6) is 5.75 Å². The smallest absolute Gasteiger partial charge is 0.137 e. The fraction of sp³-hybridized carbons (Fsp3) is 0.400. The van der Waals surface area contributed by atoms with E-state index in [9.17, 15) is 5.11 Å². The van der Waals surface area contributed by atoms with Crippen LogP contribution in [0, 0.1) is 0 Å². The van der Waals surface area contributed by atoms with E-state index in [1.165, 1.54) is 10.8 Å². The molecule has 6 nitrogen and oxygen atoms in total. The summed E-state index contributed by atoms with van der Waals surface area (Å²) >= 11 is 0. The van der Waals surface area contributed by atoms with Gasteiger partial charge in [-0.3, -0.25) is 0 Å². The third kappa shape index (κ3) is 5.34. The second-order valence-electron chi connectivity index (χ2n) is 7.65. The Kier molecular flexibility index (Phi) is 7.85. The lowest BCUT2D eigenvalue weighted by atomic mass is 10.1. The largest absolute Gasteiger partial charge is 0.491 e. The highest BCUT2D eigenvalue weighted by atomic mass is 16.5. The van der Waals surface area contributed by atoms with E-state index in [4.69, 9.17) is 14.8 Å². The van der Waals surface area contributed by atoms with Gasteiger partial charge >= 0.3 is 0 Å². The van der Waals surface area contributed by atoms with E-state index in [1.807, 2.05) is 24.3 Å². The number of likely N-dealkylation sites (N-methyl/N-ethyl adjacent to an activating group) is 1. The Morgan fingerprint density at radius 1 is 1.03 bits per heavy atom. The minimum Gasteiger partial charge on any atom is -0.491 e. The first-order chi connectivity index (χ1) is 14.7. The van der Waals surface area contributed by atoms with E-state index in [1.54, 1.807) is 0 Å². The highest BCUT2D eigenvalue weighted by Gasteiger charge is 2.19. The number of aromatic nitrogens is 1. The van der Waals surface area contributed by atoms with Crippen molar-refractivity contribution in [2.75, 3.05) is 50.8 Å². The fourth-order valence-corrected chi connectivity index (χ4v) is 3.81. The summed E-state index contributed by atoms with van der Waals surface area (Å²) in [7, 11) is 0. The van der Waals surface area contributed by atoms with Crippen LogP contribution in [0.2, 0.25) is 0 Å². The lowest BCUT2D eigenvalue weighted by Gasteiger charge is -2.35. The molecule has 1 atom stereocenters. The zero-order valence-electron chi connectivity index (χ0n) is 17.4. The van der Waals surface area contributed by atoms with E-state index in [-0.39, 0.29) is 20.6 Å². The summed E-state index contributed by atoms with van der Waals surface area (Å²) in [5, 5.41) is 20.7. The van der Waals surface area contributed by atoms with Gasteiger partial charge in [-0.05, 0) is 42.3 Å². The van der Waals surface area contributed by atoms with Gasteiger partial charge in [0.15, 0.2) is 0 Å². The lowest BCUT2D eigenvalue weighted by Crippen LogP contribution is -2.46. The topological polar surface area (TPSA) is 69.1 Å². The predicted octanol–water partition coefficient (Wildman–Crippen LogP) is 3.41. The maximum absolute atomic E-state index is 9.45. The second kappa shape index (κ2) is 10.6. The molecule has 166 valence electrons. The Balaban J connectivity index is 0.00000272. The summed E-state index contributed by atoms with van der Waals surface area (Å²) in [4.78, 5) is 9.92. The summed E-state index contributed by atoms with van der Waals surface area (Å²) in [6, 6.07) is 18.3. The van der Waals surface area contributed by atoms with Gasteiger partial charge in [0.05, 0.1) is 12.3 Å². The zero-order chi connectivity index (χ0) is 20.9. The average Bonchev–Trinajstić information content (AvgIpc) is 2.82. The van der Waals surface area contributed by atoms with Gasteiger partial charge in [0.25, 0.3) is 0 Å². The molecule has 1 aromatic heterocycles. The van der Waals surface area contributed by atoms with Crippen molar-refractivity contribution in [3.05, 3.63) is 54.6 Å². The van der Waals surface area contributed by atoms with E-state index < -0.39 is 6.10 Å². The summed E-state index contributed by atoms with van der Waals surface area (Å²) in [5.41, 5.74) is 1.95. The van der Waals surface area contributed by atoms with Crippen LogP contribution in [0.4, 0.5) is 5.82 Å². The summed E-state index contributed by atoms with van der Waals surface area (Å²) in [6.07, 6.45) is -0.873. The van der Waals surface area contributed by atoms with Gasteiger partial charge in [-0.1, -0.05) is 38.6 Å². The van der Waals surface area contributed by atoms with Gasteiger partial charge in [0.1, 0.15) is 24.3 Å². The molecule has 0 amide bonds. The highest BCUT2D eigenvalue weighted by molar-refractivity contribution is 5.95. The monoisotopic (exact) mass is 423 g/mol. The number of hydrogen-bond donors (Lipinski definition) is 2. The van der Waals surface area contributed by atoms with Crippen LogP contribution in [-0.4, -0.2) is 72.1 Å². The van der Waals surface area contributed by atoms with Crippen molar-refractivity contribution in [1.29, 1.82) is 0 Å². The molecule has 6 heteroatoms. The molecule has 0 saturated carbocycles. The molecular formula is C25H33N3O3. The molecule has 31 heavy (non-hydrogen) atoms. The summed E-state index contributed by atoms with van der Waals surface area (Å²) in [6.45, 7) is 7.13. The van der Waals surface area contributed by atoms with Crippen molar-refractivity contribution in [1.82, 2.24) is 9.88 Å². The van der Waals surface area contributed by atoms with E-state index in [2.05, 4.69) is 47.1 Å². The molecule has 0 spiro atoms. The van der Waals surface area contributed by atoms with Crippen molar-refractivity contribution in [2.45, 2.75) is 20.5 Å². The molecule has 1 saturated heterocycles. The van der Waals surface area contributed by atoms with Crippen LogP contribution in [0.3, 0.4) is 0 Å². The molecule has 3 aromatic rings. The Bertz CT molecular complexity index is 969. The summed E-state index contributed by atoms with van der Waals surface area (Å²) in [5.74, 6) is 1.70. The van der Waals surface area contributed by atoms with Crippen LogP contribution >= 0.6 is 0 Å². The van der Waals surface area contributed by atoms with Crippen molar-refractivity contribution in [2.24, 2.45) is 0 Å². The van der Waals surface area contributed by atoms with Crippen LogP contribution in [-0.2, 0) is 0 Å². The number of rotatable bonds is 7. The number of fused-ring (bicyclic) bond motifs is 1. The number of pyridine rings is 1. The van der Waals surface area contributed by atoms with Gasteiger partial charge < -0.3 is 24.7 Å². The van der Waals surface area contributed by atoms with E-state index in [0.29, 0.717) is 5.75 Å². The third-order valence-electron chi connectivity index (χ3n) is 5.64. The minimum absolute atomic E-state index is 0. The minimum atomic E-state index is -0.873. The lowest BCUT2D eigenvalue weighted by molar-refractivity contribution is 0.0536. The Labute approximate surface area is 184 Å². The molecule has 1 aliphatic rings. The number of aliphatic hydroxyl groups excluding tert-OH is 2. The number of hydrogen-bond acceptors (Lipinski definition) is 6. The molecule has 0 bridgehead atoms. The van der Waals surface area contributed by atoms with Crippen LogP contribution in [0.25, 0.3) is 22.0 Å². The number of piperazine rings is 1. The molecule has 1 unspecified atom stereocenters. The zero-order valence-corrected chi connectivity index (χ0v) is 17.4. The quantitative estimate of drug-likeness (QED) is 0.607. The van der Waals surface area contributed by atoms with Gasteiger partial charge in [0.2, 0.25) is 0 Å². The standard InChI is InChI=1S/C24H29N3O3.CH4/c1-2-26-11-13-27(14-12-26)24-22-6-4-3-5-19(22)15-23(25-24)18-7-9-21(10-8-18)30-17-20(29)16-28;/h3-10,15,20,28-29H,2,11-14,16-17H2,1H3;1H4. The molecule has 1 aliphatic heterocycles. The molecule has 2 N–H and O–H groups in total. The maximum Gasteiger partial charge on any atom is 0.137 e. The number of anilines is 1. The SMILES string of the molecule is C.CCN1CCN(c2nc(-c3ccc(OCC(O)CO)cc3)cc3ccccc23)CC1. The van der Waals surface area contributed by atoms with Crippen molar-refractivity contribution in [3.8, 4) is 17.0 Å². The first kappa shape index (κ1) is 23.0. The molecular weight excluding hydrogens is 390 g/mol. The average molecular weight is 424 g/mol. The van der Waals surface area contributed by atoms with E-state index >= 15 is 0 Å². The number of aliphatic hydroxyl groups is 2. The first-order valence-corrected chi connectivity index (χ1v) is 10.6.